The second-order valence-corrected chi connectivity index (χ2v) is 6.65. The van der Waals surface area contributed by atoms with E-state index >= 15 is 0 Å². The predicted molar refractivity (Wildman–Crippen MR) is 111 cm³/mol. The lowest BCUT2D eigenvalue weighted by atomic mass is 9.84. The highest BCUT2D eigenvalue weighted by Crippen LogP contribution is 2.29. The first-order valence-corrected chi connectivity index (χ1v) is 8.95. The summed E-state index contributed by atoms with van der Waals surface area (Å²) in [6.45, 7) is 0. The summed E-state index contributed by atoms with van der Waals surface area (Å²) in [5.74, 6) is -0.954. The van der Waals surface area contributed by atoms with Crippen LogP contribution in [0.5, 0.6) is 0 Å². The van der Waals surface area contributed by atoms with Crippen molar-refractivity contribution in [3.05, 3.63) is 95.1 Å². The molecule has 0 unspecified atom stereocenters. The van der Waals surface area contributed by atoms with Crippen molar-refractivity contribution in [3.8, 4) is 0 Å². The third-order valence-electron chi connectivity index (χ3n) is 4.42. The van der Waals surface area contributed by atoms with Crippen molar-refractivity contribution in [1.82, 2.24) is 0 Å². The van der Waals surface area contributed by atoms with Gasteiger partial charge in [0.25, 0.3) is 5.91 Å². The van der Waals surface area contributed by atoms with E-state index in [0.29, 0.717) is 28.1 Å². The van der Waals surface area contributed by atoms with Crippen LogP contribution >= 0.6 is 12.2 Å². The van der Waals surface area contributed by atoms with Crippen LogP contribution in [0, 0.1) is 0 Å². The Morgan fingerprint density at radius 3 is 1.89 bits per heavy atom. The van der Waals surface area contributed by atoms with Gasteiger partial charge in [-0.05, 0) is 30.3 Å². The highest BCUT2D eigenvalue weighted by Gasteiger charge is 2.29. The molecule has 5 nitrogen and oxygen atoms in total. The van der Waals surface area contributed by atoms with Crippen LogP contribution in [0.2, 0.25) is 0 Å². The maximum absolute atomic E-state index is 12.8. The number of benzene rings is 3. The molecule has 0 atom stereocenters. The second-order valence-electron chi connectivity index (χ2n) is 6.24. The van der Waals surface area contributed by atoms with Crippen molar-refractivity contribution in [2.45, 2.75) is 0 Å². The Morgan fingerprint density at radius 2 is 1.21 bits per heavy atom. The Balaban J connectivity index is 1.56. The minimum atomic E-state index is -0.506. The molecule has 6 heteroatoms. The molecular weight excluding hydrogens is 372 g/mol. The topological polar surface area (TPSA) is 75.3 Å². The van der Waals surface area contributed by atoms with Crippen LogP contribution in [0.15, 0.2) is 72.8 Å². The van der Waals surface area contributed by atoms with Crippen LogP contribution in [-0.4, -0.2) is 22.5 Å². The predicted octanol–water partition coefficient (Wildman–Crippen LogP) is 3.84. The van der Waals surface area contributed by atoms with E-state index in [1.807, 2.05) is 18.2 Å². The van der Waals surface area contributed by atoms with Crippen LogP contribution < -0.4 is 10.6 Å². The molecule has 1 aliphatic rings. The zero-order valence-electron chi connectivity index (χ0n) is 14.6. The number of rotatable bonds is 2. The van der Waals surface area contributed by atoms with Gasteiger partial charge in [-0.3, -0.25) is 14.4 Å². The number of ketones is 2. The fraction of sp³-hybridized carbons (Fsp3) is 0. The monoisotopic (exact) mass is 386 g/mol. The lowest BCUT2D eigenvalue weighted by molar-refractivity contribution is -0.110. The highest BCUT2D eigenvalue weighted by molar-refractivity contribution is 7.82. The van der Waals surface area contributed by atoms with E-state index < -0.39 is 5.91 Å². The largest absolute Gasteiger partial charge is 0.342 e. The van der Waals surface area contributed by atoms with Gasteiger partial charge in [0.05, 0.1) is 0 Å². The van der Waals surface area contributed by atoms with E-state index in [2.05, 4.69) is 10.6 Å². The lowest BCUT2D eigenvalue weighted by Gasteiger charge is -2.18. The fourth-order valence-corrected chi connectivity index (χ4v) is 3.24. The van der Waals surface area contributed by atoms with Crippen molar-refractivity contribution in [2.24, 2.45) is 0 Å². The number of para-hydroxylation sites is 1. The standard InChI is InChI=1S/C22H14N2O3S/c25-19-15-8-4-5-9-16(15)20(26)18-12-14(10-11-17(18)19)23-21(27)22(28)24-13-6-2-1-3-7-13/h1-12H,(H,23,27)(H,24,28). The van der Waals surface area contributed by atoms with E-state index in [9.17, 15) is 14.4 Å². The number of nitrogens with one attached hydrogen (secondary N) is 2. The number of thiocarbonyl (C=S) groups is 1. The summed E-state index contributed by atoms with van der Waals surface area (Å²) in [5.41, 5.74) is 2.44. The zero-order valence-corrected chi connectivity index (χ0v) is 15.4. The van der Waals surface area contributed by atoms with Crippen molar-refractivity contribution in [2.75, 3.05) is 10.6 Å². The Labute approximate surface area is 166 Å². The van der Waals surface area contributed by atoms with Gasteiger partial charge < -0.3 is 10.6 Å². The number of fused-ring (bicyclic) bond motifs is 2. The summed E-state index contributed by atoms with van der Waals surface area (Å²) in [6, 6.07) is 20.4. The fourth-order valence-electron chi connectivity index (χ4n) is 3.07. The number of anilines is 2. The molecule has 0 saturated heterocycles. The summed E-state index contributed by atoms with van der Waals surface area (Å²) in [6.07, 6.45) is 0. The van der Waals surface area contributed by atoms with Gasteiger partial charge in [0.15, 0.2) is 16.6 Å². The first-order valence-electron chi connectivity index (χ1n) is 8.54. The lowest BCUT2D eigenvalue weighted by Crippen LogP contribution is -2.28. The Hall–Kier alpha value is -3.64. The smallest absolute Gasteiger partial charge is 0.283 e. The summed E-state index contributed by atoms with van der Waals surface area (Å²) in [5, 5.41) is 5.52. The first kappa shape index (κ1) is 17.8. The van der Waals surface area contributed by atoms with Gasteiger partial charge in [-0.2, -0.15) is 0 Å². The van der Waals surface area contributed by atoms with E-state index in [-0.39, 0.29) is 22.1 Å². The summed E-state index contributed by atoms with van der Waals surface area (Å²) < 4.78 is 0. The molecule has 0 aliphatic heterocycles. The Morgan fingerprint density at radius 1 is 0.643 bits per heavy atom. The molecule has 0 fully saturated rings. The van der Waals surface area contributed by atoms with Gasteiger partial charge >= 0.3 is 0 Å². The third kappa shape index (κ3) is 3.21. The number of carbonyl (C=O) groups is 3. The molecule has 1 aliphatic carbocycles. The Kier molecular flexibility index (Phi) is 4.55. The molecule has 0 radical (unpaired) electrons. The number of carbonyl (C=O) groups excluding carboxylic acids is 3. The second kappa shape index (κ2) is 7.17. The molecule has 136 valence electrons. The quantitative estimate of drug-likeness (QED) is 0.512. The number of amides is 1. The van der Waals surface area contributed by atoms with Crippen LogP contribution in [-0.2, 0) is 4.79 Å². The van der Waals surface area contributed by atoms with Gasteiger partial charge in [-0.1, -0.05) is 54.7 Å². The average molecular weight is 386 g/mol. The third-order valence-corrected chi connectivity index (χ3v) is 4.71. The molecule has 3 aromatic rings. The average Bonchev–Trinajstić information content (AvgIpc) is 2.72. The molecule has 0 heterocycles. The molecule has 28 heavy (non-hydrogen) atoms. The normalized spacial score (nSPS) is 12.0. The minimum absolute atomic E-state index is 0.00308. The molecule has 2 N–H and O–H groups in total. The van der Waals surface area contributed by atoms with Crippen molar-refractivity contribution < 1.29 is 14.4 Å². The van der Waals surface area contributed by atoms with Crippen LogP contribution in [0.4, 0.5) is 11.4 Å². The Bertz CT molecular complexity index is 1140. The molecule has 0 aromatic heterocycles. The van der Waals surface area contributed by atoms with Gasteiger partial charge in [0.2, 0.25) is 0 Å². The van der Waals surface area contributed by atoms with Gasteiger partial charge in [-0.15, -0.1) is 0 Å². The minimum Gasteiger partial charge on any atom is -0.342 e. The maximum Gasteiger partial charge on any atom is 0.283 e. The van der Waals surface area contributed by atoms with E-state index in [1.165, 1.54) is 6.07 Å². The van der Waals surface area contributed by atoms with E-state index in [0.717, 1.165) is 0 Å². The summed E-state index contributed by atoms with van der Waals surface area (Å²) >= 11 is 5.13. The van der Waals surface area contributed by atoms with Gasteiger partial charge in [0, 0.05) is 33.6 Å². The number of hydrogen-bond donors (Lipinski definition) is 2. The van der Waals surface area contributed by atoms with Gasteiger partial charge in [0.1, 0.15) is 0 Å². The van der Waals surface area contributed by atoms with Crippen LogP contribution in [0.3, 0.4) is 0 Å². The van der Waals surface area contributed by atoms with Crippen LogP contribution in [0.25, 0.3) is 0 Å². The SMILES string of the molecule is O=C(Nc1ccc2c(c1)C(=O)c1ccccc1C2=O)C(=S)Nc1ccccc1. The highest BCUT2D eigenvalue weighted by atomic mass is 32.1. The molecule has 0 bridgehead atoms. The maximum atomic E-state index is 12.8. The molecule has 1 amide bonds. The van der Waals surface area contributed by atoms with E-state index in [4.69, 9.17) is 12.2 Å². The van der Waals surface area contributed by atoms with E-state index in [1.54, 1.807) is 48.5 Å². The molecule has 4 rings (SSSR count). The molecule has 0 saturated carbocycles. The van der Waals surface area contributed by atoms with Crippen molar-refractivity contribution >= 4 is 46.1 Å². The van der Waals surface area contributed by atoms with Crippen LogP contribution in [0.1, 0.15) is 31.8 Å². The molecule has 0 spiro atoms. The summed E-state index contributed by atoms with van der Waals surface area (Å²) in [4.78, 5) is 37.8. The van der Waals surface area contributed by atoms with Crippen molar-refractivity contribution in [1.29, 1.82) is 0 Å². The summed E-state index contributed by atoms with van der Waals surface area (Å²) in [7, 11) is 0. The number of hydrogen-bond acceptors (Lipinski definition) is 4. The van der Waals surface area contributed by atoms with Crippen molar-refractivity contribution in [3.63, 3.8) is 0 Å². The molecule has 3 aromatic carbocycles. The van der Waals surface area contributed by atoms with Gasteiger partial charge in [-0.25, -0.2) is 0 Å². The first-order chi connectivity index (χ1) is 13.5. The molecular formula is C22H14N2O3S. The zero-order chi connectivity index (χ0) is 19.7.